The largest absolute Gasteiger partial charge is 0.335 e. The molecule has 1 fully saturated rings. The van der Waals surface area contributed by atoms with E-state index in [2.05, 4.69) is 0 Å². The van der Waals surface area contributed by atoms with E-state index in [1.807, 2.05) is 0 Å². The number of benzene rings is 1. The zero-order valence-electron chi connectivity index (χ0n) is 10.4. The highest BCUT2D eigenvalue weighted by Gasteiger charge is 2.29. The quantitative estimate of drug-likeness (QED) is 0.738. The molecule has 19 heavy (non-hydrogen) atoms. The number of ketones is 1. The molecule has 1 aliphatic heterocycles. The van der Waals surface area contributed by atoms with E-state index < -0.39 is 11.6 Å². The van der Waals surface area contributed by atoms with E-state index in [0.29, 0.717) is 0 Å². The van der Waals surface area contributed by atoms with Gasteiger partial charge in [0.05, 0.1) is 18.7 Å². The Morgan fingerprint density at radius 3 is 2.58 bits per heavy atom. The van der Waals surface area contributed by atoms with E-state index in [9.17, 15) is 18.8 Å². The lowest BCUT2D eigenvalue weighted by Crippen LogP contribution is -2.53. The summed E-state index contributed by atoms with van der Waals surface area (Å²) in [7, 11) is 1.52. The van der Waals surface area contributed by atoms with E-state index in [1.165, 1.54) is 30.1 Å². The predicted molar refractivity (Wildman–Crippen MR) is 64.9 cm³/mol. The first-order valence-corrected chi connectivity index (χ1v) is 5.78. The van der Waals surface area contributed by atoms with Gasteiger partial charge in [-0.1, -0.05) is 12.1 Å². The summed E-state index contributed by atoms with van der Waals surface area (Å²) in [5.74, 6) is -1.68. The lowest BCUT2D eigenvalue weighted by molar-refractivity contribution is -0.148. The Labute approximate surface area is 109 Å². The first-order valence-electron chi connectivity index (χ1n) is 5.78. The molecule has 0 bridgehead atoms. The van der Waals surface area contributed by atoms with Crippen molar-refractivity contribution in [3.05, 3.63) is 35.6 Å². The topological polar surface area (TPSA) is 57.7 Å². The van der Waals surface area contributed by atoms with Crippen LogP contribution in [0.3, 0.4) is 0 Å². The third-order valence-electron chi connectivity index (χ3n) is 2.99. The van der Waals surface area contributed by atoms with Gasteiger partial charge in [-0.25, -0.2) is 4.39 Å². The molecule has 1 aliphatic rings. The molecular formula is C13H13FN2O3. The van der Waals surface area contributed by atoms with Gasteiger partial charge in [0.25, 0.3) is 0 Å². The summed E-state index contributed by atoms with van der Waals surface area (Å²) in [6.45, 7) is -0.474. The van der Waals surface area contributed by atoms with Gasteiger partial charge in [-0.05, 0) is 12.1 Å². The molecule has 0 aliphatic carbocycles. The lowest BCUT2D eigenvalue weighted by atomic mass is 10.1. The zero-order chi connectivity index (χ0) is 14.0. The SMILES string of the molecule is CN1CC(=O)N(CC(=O)c2ccccc2F)CC1=O. The van der Waals surface area contributed by atoms with Gasteiger partial charge in [-0.2, -0.15) is 0 Å². The van der Waals surface area contributed by atoms with Crippen molar-refractivity contribution in [3.63, 3.8) is 0 Å². The van der Waals surface area contributed by atoms with Crippen LogP contribution in [-0.4, -0.2) is 54.1 Å². The molecule has 0 saturated carbocycles. The summed E-state index contributed by atoms with van der Waals surface area (Å²) >= 11 is 0. The van der Waals surface area contributed by atoms with Crippen molar-refractivity contribution in [1.29, 1.82) is 0 Å². The third kappa shape index (κ3) is 2.78. The Morgan fingerprint density at radius 2 is 1.89 bits per heavy atom. The molecule has 1 saturated heterocycles. The molecule has 5 nitrogen and oxygen atoms in total. The van der Waals surface area contributed by atoms with Crippen molar-refractivity contribution in [1.82, 2.24) is 9.80 Å². The Bertz CT molecular complexity index is 544. The number of nitrogens with zero attached hydrogens (tertiary/aromatic N) is 2. The number of likely N-dealkylation sites (N-methyl/N-ethyl adjacent to an activating group) is 1. The zero-order valence-corrected chi connectivity index (χ0v) is 10.4. The molecular weight excluding hydrogens is 251 g/mol. The summed E-state index contributed by atoms with van der Waals surface area (Å²) in [4.78, 5) is 37.5. The molecule has 0 radical (unpaired) electrons. The summed E-state index contributed by atoms with van der Waals surface area (Å²) in [5, 5.41) is 0. The molecule has 1 heterocycles. The average molecular weight is 264 g/mol. The van der Waals surface area contributed by atoms with Gasteiger partial charge in [-0.15, -0.1) is 0 Å². The second kappa shape index (κ2) is 5.17. The number of carbonyl (C=O) groups is 3. The molecule has 0 unspecified atom stereocenters. The van der Waals surface area contributed by atoms with Crippen molar-refractivity contribution < 1.29 is 18.8 Å². The Hall–Kier alpha value is -2.24. The van der Waals surface area contributed by atoms with Gasteiger partial charge in [0, 0.05) is 7.05 Å². The summed E-state index contributed by atoms with van der Waals surface area (Å²) in [5.41, 5.74) is -0.0679. The molecule has 1 aromatic rings. The Kier molecular flexibility index (Phi) is 3.59. The molecule has 2 amide bonds. The Morgan fingerprint density at radius 1 is 1.21 bits per heavy atom. The smallest absolute Gasteiger partial charge is 0.243 e. The number of halogens is 1. The molecule has 0 N–H and O–H groups in total. The standard InChI is InChI=1S/C13H13FN2O3/c1-15-7-13(19)16(8-12(15)18)6-11(17)9-4-2-3-5-10(9)14/h2-5H,6-8H2,1H3. The van der Waals surface area contributed by atoms with Crippen LogP contribution >= 0.6 is 0 Å². The number of hydrogen-bond donors (Lipinski definition) is 0. The third-order valence-corrected chi connectivity index (χ3v) is 2.99. The molecule has 0 aromatic heterocycles. The highest BCUT2D eigenvalue weighted by molar-refractivity contribution is 6.01. The van der Waals surface area contributed by atoms with Crippen molar-refractivity contribution in [2.75, 3.05) is 26.7 Å². The van der Waals surface area contributed by atoms with Crippen LogP contribution in [0.2, 0.25) is 0 Å². The fourth-order valence-electron chi connectivity index (χ4n) is 1.85. The van der Waals surface area contributed by atoms with E-state index in [-0.39, 0.29) is 37.0 Å². The second-order valence-electron chi connectivity index (χ2n) is 4.40. The van der Waals surface area contributed by atoms with Crippen LogP contribution < -0.4 is 0 Å². The van der Waals surface area contributed by atoms with E-state index in [1.54, 1.807) is 6.07 Å². The van der Waals surface area contributed by atoms with Crippen LogP contribution in [0.15, 0.2) is 24.3 Å². The minimum Gasteiger partial charge on any atom is -0.335 e. The van der Waals surface area contributed by atoms with E-state index in [4.69, 9.17) is 0 Å². The molecule has 1 aromatic carbocycles. The van der Waals surface area contributed by atoms with Gasteiger partial charge in [0.15, 0.2) is 5.78 Å². The fraction of sp³-hybridized carbons (Fsp3) is 0.308. The molecule has 0 spiro atoms. The van der Waals surface area contributed by atoms with Crippen LogP contribution in [-0.2, 0) is 9.59 Å². The van der Waals surface area contributed by atoms with E-state index in [0.717, 1.165) is 4.90 Å². The van der Waals surface area contributed by atoms with Crippen molar-refractivity contribution >= 4 is 17.6 Å². The first-order chi connectivity index (χ1) is 8.99. The van der Waals surface area contributed by atoms with Gasteiger partial charge in [0.2, 0.25) is 11.8 Å². The maximum atomic E-state index is 13.4. The summed E-state index contributed by atoms with van der Waals surface area (Å²) < 4.78 is 13.4. The molecule has 0 atom stereocenters. The second-order valence-corrected chi connectivity index (χ2v) is 4.40. The van der Waals surface area contributed by atoms with Crippen LogP contribution in [0, 0.1) is 5.82 Å². The fourth-order valence-corrected chi connectivity index (χ4v) is 1.85. The van der Waals surface area contributed by atoms with Gasteiger partial charge in [0.1, 0.15) is 12.4 Å². The number of hydrogen-bond acceptors (Lipinski definition) is 3. The predicted octanol–water partition coefficient (Wildman–Crippen LogP) is 0.309. The molecule has 100 valence electrons. The minimum absolute atomic E-state index is 0.0522. The lowest BCUT2D eigenvalue weighted by Gasteiger charge is -2.31. The highest BCUT2D eigenvalue weighted by atomic mass is 19.1. The summed E-state index contributed by atoms with van der Waals surface area (Å²) in [6, 6.07) is 5.58. The van der Waals surface area contributed by atoms with Crippen LogP contribution in [0.25, 0.3) is 0 Å². The Balaban J connectivity index is 2.09. The van der Waals surface area contributed by atoms with Crippen LogP contribution in [0.4, 0.5) is 4.39 Å². The van der Waals surface area contributed by atoms with Crippen LogP contribution in [0.5, 0.6) is 0 Å². The number of Topliss-reactive ketones (excluding diaryl/α,β-unsaturated/α-hetero) is 1. The molecule has 6 heteroatoms. The van der Waals surface area contributed by atoms with Crippen LogP contribution in [0.1, 0.15) is 10.4 Å². The van der Waals surface area contributed by atoms with Crippen molar-refractivity contribution in [3.8, 4) is 0 Å². The van der Waals surface area contributed by atoms with Crippen molar-refractivity contribution in [2.45, 2.75) is 0 Å². The van der Waals surface area contributed by atoms with Gasteiger partial charge < -0.3 is 9.80 Å². The maximum Gasteiger partial charge on any atom is 0.243 e. The average Bonchev–Trinajstić information content (AvgIpc) is 2.36. The number of piperazine rings is 1. The maximum absolute atomic E-state index is 13.4. The van der Waals surface area contributed by atoms with Gasteiger partial charge >= 0.3 is 0 Å². The number of amides is 2. The highest BCUT2D eigenvalue weighted by Crippen LogP contribution is 2.10. The molecule has 2 rings (SSSR count). The van der Waals surface area contributed by atoms with Crippen molar-refractivity contribution in [2.24, 2.45) is 0 Å². The number of rotatable bonds is 3. The monoisotopic (exact) mass is 264 g/mol. The summed E-state index contributed by atoms with van der Waals surface area (Å²) in [6.07, 6.45) is 0. The van der Waals surface area contributed by atoms with Gasteiger partial charge in [-0.3, -0.25) is 14.4 Å². The normalized spacial score (nSPS) is 15.9. The minimum atomic E-state index is -0.625. The first kappa shape index (κ1) is 13.2. The number of carbonyl (C=O) groups excluding carboxylic acids is 3. The van der Waals surface area contributed by atoms with E-state index >= 15 is 0 Å².